The zero-order valence-electron chi connectivity index (χ0n) is 18.7. The number of aliphatic hydroxyl groups is 1. The summed E-state index contributed by atoms with van der Waals surface area (Å²) in [5.74, 6) is -1.01. The molecule has 7 nitrogen and oxygen atoms in total. The quantitative estimate of drug-likeness (QED) is 0.341. The zero-order chi connectivity index (χ0) is 24.0. The van der Waals surface area contributed by atoms with E-state index in [0.717, 1.165) is 11.3 Å². The molecule has 0 bridgehead atoms. The van der Waals surface area contributed by atoms with E-state index < -0.39 is 17.7 Å². The Morgan fingerprint density at radius 2 is 1.85 bits per heavy atom. The fourth-order valence-electron chi connectivity index (χ4n) is 4.48. The molecule has 0 aliphatic carbocycles. The highest BCUT2D eigenvalue weighted by Crippen LogP contribution is 2.44. The van der Waals surface area contributed by atoms with E-state index in [1.54, 1.807) is 60.9 Å². The average molecular weight is 476 g/mol. The van der Waals surface area contributed by atoms with Gasteiger partial charge >= 0.3 is 0 Å². The van der Waals surface area contributed by atoms with Gasteiger partial charge in [-0.15, -0.1) is 0 Å². The molecule has 0 radical (unpaired) electrons. The molecule has 8 heteroatoms. The van der Waals surface area contributed by atoms with E-state index in [-0.39, 0.29) is 11.3 Å². The second-order valence-electron chi connectivity index (χ2n) is 8.33. The van der Waals surface area contributed by atoms with Crippen LogP contribution in [0.2, 0.25) is 5.02 Å². The van der Waals surface area contributed by atoms with Crippen LogP contribution in [0.5, 0.6) is 5.75 Å². The molecule has 2 aromatic carbocycles. The van der Waals surface area contributed by atoms with Gasteiger partial charge in [0.1, 0.15) is 18.1 Å². The number of ether oxygens (including phenoxy) is 1. The van der Waals surface area contributed by atoms with Crippen molar-refractivity contribution in [3.05, 3.63) is 88.2 Å². The van der Waals surface area contributed by atoms with Gasteiger partial charge in [-0.3, -0.25) is 19.5 Å². The number of carbonyl (C=O) groups excluding carboxylic acids is 2. The monoisotopic (exact) mass is 475 g/mol. The Kier molecular flexibility index (Phi) is 5.49. The van der Waals surface area contributed by atoms with Gasteiger partial charge in [0.05, 0.1) is 23.8 Å². The van der Waals surface area contributed by atoms with Crippen molar-refractivity contribution in [2.24, 2.45) is 0 Å². The number of halogens is 1. The molecule has 1 saturated heterocycles. The maximum Gasteiger partial charge on any atom is 0.300 e. The summed E-state index contributed by atoms with van der Waals surface area (Å²) in [4.78, 5) is 34.1. The lowest BCUT2D eigenvalue weighted by Gasteiger charge is -2.28. The second-order valence-corrected chi connectivity index (χ2v) is 8.77. The molecule has 1 aromatic heterocycles. The van der Waals surface area contributed by atoms with E-state index in [4.69, 9.17) is 16.3 Å². The Balaban J connectivity index is 1.71. The van der Waals surface area contributed by atoms with Crippen LogP contribution in [0.3, 0.4) is 0 Å². The lowest BCUT2D eigenvalue weighted by atomic mass is 9.95. The molecule has 5 rings (SSSR count). The van der Waals surface area contributed by atoms with Crippen molar-refractivity contribution in [2.75, 3.05) is 30.0 Å². The minimum absolute atomic E-state index is 0.0184. The van der Waals surface area contributed by atoms with Gasteiger partial charge in [-0.25, -0.2) is 0 Å². The molecular weight excluding hydrogens is 454 g/mol. The Hall–Kier alpha value is -3.84. The second kappa shape index (κ2) is 8.50. The molecule has 2 aliphatic heterocycles. The number of amides is 1. The molecule has 1 fully saturated rings. The summed E-state index contributed by atoms with van der Waals surface area (Å²) in [5.41, 5.74) is 3.19. The summed E-state index contributed by atoms with van der Waals surface area (Å²) in [6, 6.07) is 13.0. The number of fused-ring (bicyclic) bond motifs is 1. The van der Waals surface area contributed by atoms with Crippen LogP contribution in [-0.4, -0.2) is 42.0 Å². The van der Waals surface area contributed by atoms with Crippen LogP contribution in [0.4, 0.5) is 11.4 Å². The highest BCUT2D eigenvalue weighted by atomic mass is 35.5. The molecule has 0 spiro atoms. The van der Waals surface area contributed by atoms with Crippen LogP contribution in [0.15, 0.2) is 66.5 Å². The van der Waals surface area contributed by atoms with Crippen LogP contribution >= 0.6 is 11.6 Å². The summed E-state index contributed by atoms with van der Waals surface area (Å²) in [6.07, 6.45) is 3.19. The van der Waals surface area contributed by atoms with Crippen molar-refractivity contribution in [1.82, 2.24) is 4.98 Å². The van der Waals surface area contributed by atoms with Gasteiger partial charge in [-0.1, -0.05) is 11.6 Å². The Bertz CT molecular complexity index is 1340. The SMILES string of the molecule is Cc1cc(Cl)ccc1N1C(=O)C(=O)/C(=C(\O)c2ccc3c(c2)N(C)CCO3)C1c1ccncc1. The van der Waals surface area contributed by atoms with Crippen molar-refractivity contribution < 1.29 is 19.4 Å². The van der Waals surface area contributed by atoms with Crippen molar-refractivity contribution in [3.8, 4) is 5.75 Å². The highest BCUT2D eigenvalue weighted by Gasteiger charge is 2.47. The lowest BCUT2D eigenvalue weighted by Crippen LogP contribution is -2.30. The number of pyridine rings is 1. The number of anilines is 2. The van der Waals surface area contributed by atoms with Crippen LogP contribution in [0.25, 0.3) is 5.76 Å². The molecule has 2 aliphatic rings. The van der Waals surface area contributed by atoms with Gasteiger partial charge in [0.15, 0.2) is 0 Å². The molecule has 172 valence electrons. The number of hydrogen-bond acceptors (Lipinski definition) is 6. The number of hydrogen-bond donors (Lipinski definition) is 1. The maximum absolute atomic E-state index is 13.3. The first kappa shape index (κ1) is 22.0. The standard InChI is InChI=1S/C26H22ClN3O4/c1-15-13-18(27)4-5-19(15)30-23(16-7-9-28-10-8-16)22(25(32)26(30)33)24(31)17-3-6-21-20(14-17)29(2)11-12-34-21/h3-10,13-14,23,31H,11-12H2,1-2H3/b24-22-. The Morgan fingerprint density at radius 3 is 2.59 bits per heavy atom. The third-order valence-corrected chi connectivity index (χ3v) is 6.45. The Morgan fingerprint density at radius 1 is 1.09 bits per heavy atom. The first-order valence-corrected chi connectivity index (χ1v) is 11.2. The zero-order valence-corrected chi connectivity index (χ0v) is 19.4. The Labute approximate surface area is 201 Å². The largest absolute Gasteiger partial charge is 0.507 e. The van der Waals surface area contributed by atoms with Gasteiger partial charge in [-0.05, 0) is 66.6 Å². The summed E-state index contributed by atoms with van der Waals surface area (Å²) in [5, 5.41) is 11.9. The summed E-state index contributed by atoms with van der Waals surface area (Å²) in [7, 11) is 1.93. The van der Waals surface area contributed by atoms with Gasteiger partial charge < -0.3 is 14.7 Å². The normalized spacial score (nSPS) is 19.2. The molecule has 0 saturated carbocycles. The van der Waals surface area contributed by atoms with Crippen LogP contribution in [0.1, 0.15) is 22.7 Å². The number of benzene rings is 2. The maximum atomic E-state index is 13.3. The summed E-state index contributed by atoms with van der Waals surface area (Å²) >= 11 is 6.13. The number of Topliss-reactive ketones (excluding diaryl/α,β-unsaturated/α-hetero) is 1. The van der Waals surface area contributed by atoms with Crippen molar-refractivity contribution in [2.45, 2.75) is 13.0 Å². The molecule has 34 heavy (non-hydrogen) atoms. The first-order valence-electron chi connectivity index (χ1n) is 10.8. The van der Waals surface area contributed by atoms with E-state index in [2.05, 4.69) is 4.98 Å². The van der Waals surface area contributed by atoms with Crippen molar-refractivity contribution in [1.29, 1.82) is 0 Å². The molecular formula is C26H22ClN3O4. The summed E-state index contributed by atoms with van der Waals surface area (Å²) < 4.78 is 5.69. The van der Waals surface area contributed by atoms with Gasteiger partial charge in [0.25, 0.3) is 11.7 Å². The fourth-order valence-corrected chi connectivity index (χ4v) is 4.71. The summed E-state index contributed by atoms with van der Waals surface area (Å²) in [6.45, 7) is 3.10. The van der Waals surface area contributed by atoms with E-state index in [1.807, 2.05) is 18.9 Å². The highest BCUT2D eigenvalue weighted by molar-refractivity contribution is 6.51. The fraction of sp³-hybridized carbons (Fsp3) is 0.192. The third-order valence-electron chi connectivity index (χ3n) is 6.21. The molecule has 3 aromatic rings. The van der Waals surface area contributed by atoms with Gasteiger partial charge in [0, 0.05) is 35.7 Å². The van der Waals surface area contributed by atoms with Crippen LogP contribution in [-0.2, 0) is 9.59 Å². The molecule has 1 amide bonds. The molecule has 1 unspecified atom stereocenters. The molecule has 1 N–H and O–H groups in total. The van der Waals surface area contributed by atoms with E-state index in [0.29, 0.717) is 40.7 Å². The van der Waals surface area contributed by atoms with Crippen molar-refractivity contribution >= 4 is 40.4 Å². The lowest BCUT2D eigenvalue weighted by molar-refractivity contribution is -0.132. The number of carbonyl (C=O) groups is 2. The average Bonchev–Trinajstić information content (AvgIpc) is 3.10. The minimum Gasteiger partial charge on any atom is -0.507 e. The number of aliphatic hydroxyl groups excluding tert-OH is 1. The number of nitrogens with zero attached hydrogens (tertiary/aromatic N) is 3. The minimum atomic E-state index is -0.826. The number of aromatic nitrogens is 1. The van der Waals surface area contributed by atoms with Crippen LogP contribution in [0, 0.1) is 6.92 Å². The van der Waals surface area contributed by atoms with E-state index in [1.165, 1.54) is 4.90 Å². The topological polar surface area (TPSA) is 83.0 Å². The van der Waals surface area contributed by atoms with Crippen molar-refractivity contribution in [3.63, 3.8) is 0 Å². The van der Waals surface area contributed by atoms with Gasteiger partial charge in [0.2, 0.25) is 0 Å². The third kappa shape index (κ3) is 3.58. The number of aryl methyl sites for hydroxylation is 1. The molecule has 3 heterocycles. The number of ketones is 1. The first-order chi connectivity index (χ1) is 16.4. The van der Waals surface area contributed by atoms with E-state index >= 15 is 0 Å². The predicted octanol–water partition coefficient (Wildman–Crippen LogP) is 4.50. The van der Waals surface area contributed by atoms with Crippen LogP contribution < -0.4 is 14.5 Å². The smallest absolute Gasteiger partial charge is 0.300 e. The molecule has 1 atom stereocenters. The number of likely N-dealkylation sites (N-methyl/N-ethyl adjacent to an activating group) is 1. The van der Waals surface area contributed by atoms with Gasteiger partial charge in [-0.2, -0.15) is 0 Å². The van der Waals surface area contributed by atoms with E-state index in [9.17, 15) is 14.7 Å². The number of rotatable bonds is 3. The predicted molar refractivity (Wildman–Crippen MR) is 130 cm³/mol.